The Morgan fingerprint density at radius 3 is 2.69 bits per heavy atom. The van der Waals surface area contributed by atoms with Crippen LogP contribution in [0.25, 0.3) is 10.9 Å². The zero-order valence-corrected chi connectivity index (χ0v) is 8.14. The number of hydrogen-bond acceptors (Lipinski definition) is 2. The van der Waals surface area contributed by atoms with Crippen LogP contribution >= 0.6 is 12.4 Å². The number of halogens is 1. The maximum atomic E-state index is 5.77. The molecule has 0 spiro atoms. The Balaban J connectivity index is 0.000000845. The van der Waals surface area contributed by atoms with Crippen molar-refractivity contribution in [2.24, 2.45) is 0 Å². The molecule has 0 fully saturated rings. The molecule has 13 heavy (non-hydrogen) atoms. The first kappa shape index (κ1) is 9.81. The van der Waals surface area contributed by atoms with Crippen LogP contribution in [0.3, 0.4) is 0 Å². The second-order valence-corrected chi connectivity index (χ2v) is 2.87. The standard InChI is InChI=1S/C10H10N2.ClH/c1-7-5-6-8-9(11)3-2-4-10(8)12-7;/h2-6H,11H2,1H3;1H. The molecule has 0 amide bonds. The fraction of sp³-hybridized carbons (Fsp3) is 0.100. The molecule has 2 nitrogen and oxygen atoms in total. The third kappa shape index (κ3) is 1.73. The smallest absolute Gasteiger partial charge is 0.0725 e. The summed E-state index contributed by atoms with van der Waals surface area (Å²) in [5, 5.41) is 1.03. The maximum absolute atomic E-state index is 5.77. The number of rotatable bonds is 0. The average molecular weight is 195 g/mol. The van der Waals surface area contributed by atoms with E-state index in [2.05, 4.69) is 4.98 Å². The summed E-state index contributed by atoms with van der Waals surface area (Å²) in [5.41, 5.74) is 8.55. The molecule has 1 aromatic carbocycles. The second kappa shape index (κ2) is 3.62. The zero-order valence-electron chi connectivity index (χ0n) is 7.32. The van der Waals surface area contributed by atoms with Gasteiger partial charge in [-0.15, -0.1) is 12.4 Å². The largest absolute Gasteiger partial charge is 0.398 e. The van der Waals surface area contributed by atoms with Gasteiger partial charge >= 0.3 is 0 Å². The van der Waals surface area contributed by atoms with Crippen LogP contribution in [0.1, 0.15) is 5.69 Å². The van der Waals surface area contributed by atoms with Gasteiger partial charge in [-0.25, -0.2) is 0 Å². The number of pyridine rings is 1. The molecule has 0 radical (unpaired) electrons. The van der Waals surface area contributed by atoms with E-state index < -0.39 is 0 Å². The molecule has 0 aliphatic rings. The van der Waals surface area contributed by atoms with Gasteiger partial charge in [0.25, 0.3) is 0 Å². The van der Waals surface area contributed by atoms with E-state index in [1.54, 1.807) is 0 Å². The number of aromatic nitrogens is 1. The number of fused-ring (bicyclic) bond motifs is 1. The van der Waals surface area contributed by atoms with E-state index in [9.17, 15) is 0 Å². The third-order valence-electron chi connectivity index (χ3n) is 1.90. The first-order valence-electron chi connectivity index (χ1n) is 3.89. The molecule has 0 bridgehead atoms. The quantitative estimate of drug-likeness (QED) is 0.655. The van der Waals surface area contributed by atoms with Crippen LogP contribution in [0, 0.1) is 6.92 Å². The van der Waals surface area contributed by atoms with E-state index in [-0.39, 0.29) is 12.4 Å². The number of anilines is 1. The highest BCUT2D eigenvalue weighted by atomic mass is 35.5. The van der Waals surface area contributed by atoms with E-state index >= 15 is 0 Å². The van der Waals surface area contributed by atoms with Gasteiger partial charge in [0.1, 0.15) is 0 Å². The lowest BCUT2D eigenvalue weighted by Gasteiger charge is -2.00. The summed E-state index contributed by atoms with van der Waals surface area (Å²) in [6.45, 7) is 1.97. The molecule has 1 heterocycles. The van der Waals surface area contributed by atoms with Crippen LogP contribution in [0.4, 0.5) is 5.69 Å². The summed E-state index contributed by atoms with van der Waals surface area (Å²) in [6, 6.07) is 9.76. The molecular formula is C10H11ClN2. The minimum atomic E-state index is 0. The van der Waals surface area contributed by atoms with Crippen molar-refractivity contribution in [3.63, 3.8) is 0 Å². The zero-order chi connectivity index (χ0) is 8.55. The molecule has 68 valence electrons. The number of benzene rings is 1. The number of nitrogens with zero attached hydrogens (tertiary/aromatic N) is 1. The predicted octanol–water partition coefficient (Wildman–Crippen LogP) is 2.55. The number of nitrogen functional groups attached to an aromatic ring is 1. The van der Waals surface area contributed by atoms with Gasteiger partial charge in [0.15, 0.2) is 0 Å². The van der Waals surface area contributed by atoms with Crippen molar-refractivity contribution in [3.05, 3.63) is 36.0 Å². The second-order valence-electron chi connectivity index (χ2n) is 2.87. The minimum Gasteiger partial charge on any atom is -0.398 e. The maximum Gasteiger partial charge on any atom is 0.0725 e. The molecule has 0 atom stereocenters. The Morgan fingerprint density at radius 2 is 1.92 bits per heavy atom. The van der Waals surface area contributed by atoms with Gasteiger partial charge in [-0.2, -0.15) is 0 Å². The van der Waals surface area contributed by atoms with Gasteiger partial charge in [0.2, 0.25) is 0 Å². The van der Waals surface area contributed by atoms with Crippen molar-refractivity contribution < 1.29 is 0 Å². The van der Waals surface area contributed by atoms with Crippen molar-refractivity contribution in [1.82, 2.24) is 4.98 Å². The predicted molar refractivity (Wildman–Crippen MR) is 58.1 cm³/mol. The molecule has 3 heteroatoms. The molecule has 0 aliphatic carbocycles. The van der Waals surface area contributed by atoms with E-state index in [1.165, 1.54) is 0 Å². The lowest BCUT2D eigenvalue weighted by atomic mass is 10.2. The van der Waals surface area contributed by atoms with E-state index in [0.717, 1.165) is 22.3 Å². The van der Waals surface area contributed by atoms with Crippen molar-refractivity contribution >= 4 is 29.0 Å². The normalized spacial score (nSPS) is 9.62. The first-order chi connectivity index (χ1) is 5.77. The summed E-state index contributed by atoms with van der Waals surface area (Å²) in [7, 11) is 0. The highest BCUT2D eigenvalue weighted by Crippen LogP contribution is 2.18. The first-order valence-corrected chi connectivity index (χ1v) is 3.89. The molecule has 2 aromatic rings. The minimum absolute atomic E-state index is 0. The molecule has 0 saturated carbocycles. The molecule has 0 aliphatic heterocycles. The Morgan fingerprint density at radius 1 is 1.15 bits per heavy atom. The van der Waals surface area contributed by atoms with Crippen molar-refractivity contribution in [2.75, 3.05) is 5.73 Å². The van der Waals surface area contributed by atoms with Gasteiger partial charge in [-0.3, -0.25) is 4.98 Å². The molecule has 0 unspecified atom stereocenters. The number of nitrogens with two attached hydrogens (primary N) is 1. The highest BCUT2D eigenvalue weighted by Gasteiger charge is 1.96. The van der Waals surface area contributed by atoms with Crippen molar-refractivity contribution in [3.8, 4) is 0 Å². The van der Waals surface area contributed by atoms with Gasteiger partial charge in [0.05, 0.1) is 5.52 Å². The van der Waals surface area contributed by atoms with Crippen LogP contribution in [-0.2, 0) is 0 Å². The van der Waals surface area contributed by atoms with Gasteiger partial charge in [-0.1, -0.05) is 6.07 Å². The van der Waals surface area contributed by atoms with E-state index in [1.807, 2.05) is 37.3 Å². The van der Waals surface area contributed by atoms with Crippen LogP contribution < -0.4 is 5.73 Å². The fourth-order valence-corrected chi connectivity index (χ4v) is 1.28. The van der Waals surface area contributed by atoms with Crippen LogP contribution in [-0.4, -0.2) is 4.98 Å². The molecular weight excluding hydrogens is 184 g/mol. The summed E-state index contributed by atoms with van der Waals surface area (Å²) < 4.78 is 0. The highest BCUT2D eigenvalue weighted by molar-refractivity contribution is 5.90. The van der Waals surface area contributed by atoms with E-state index in [0.29, 0.717) is 0 Å². The van der Waals surface area contributed by atoms with E-state index in [4.69, 9.17) is 5.73 Å². The third-order valence-corrected chi connectivity index (χ3v) is 1.90. The Kier molecular flexibility index (Phi) is 2.73. The molecule has 0 saturated heterocycles. The van der Waals surface area contributed by atoms with Gasteiger partial charge in [0, 0.05) is 16.8 Å². The van der Waals surface area contributed by atoms with Gasteiger partial charge in [-0.05, 0) is 31.2 Å². The van der Waals surface area contributed by atoms with Gasteiger partial charge < -0.3 is 5.73 Å². The van der Waals surface area contributed by atoms with Crippen LogP contribution in [0.2, 0.25) is 0 Å². The molecule has 1 aromatic heterocycles. The lowest BCUT2D eigenvalue weighted by molar-refractivity contribution is 1.26. The summed E-state index contributed by atoms with van der Waals surface area (Å²) in [4.78, 5) is 4.36. The Bertz CT molecular complexity index is 426. The Hall–Kier alpha value is -1.28. The summed E-state index contributed by atoms with van der Waals surface area (Å²) >= 11 is 0. The van der Waals surface area contributed by atoms with Crippen molar-refractivity contribution in [2.45, 2.75) is 6.92 Å². The fourth-order valence-electron chi connectivity index (χ4n) is 1.28. The SMILES string of the molecule is Cc1ccc2c(N)cccc2n1.Cl. The van der Waals surface area contributed by atoms with Crippen LogP contribution in [0.5, 0.6) is 0 Å². The molecule has 2 N–H and O–H groups in total. The summed E-state index contributed by atoms with van der Waals surface area (Å²) in [5.74, 6) is 0. The Labute approximate surface area is 83.2 Å². The number of aryl methyl sites for hydroxylation is 1. The summed E-state index contributed by atoms with van der Waals surface area (Å²) in [6.07, 6.45) is 0. The molecule has 2 rings (SSSR count). The lowest BCUT2D eigenvalue weighted by Crippen LogP contribution is -1.88. The van der Waals surface area contributed by atoms with Crippen LogP contribution in [0.15, 0.2) is 30.3 Å². The topological polar surface area (TPSA) is 38.9 Å². The average Bonchev–Trinajstić information content (AvgIpc) is 2.04. The number of hydrogen-bond donors (Lipinski definition) is 1. The van der Waals surface area contributed by atoms with Crippen molar-refractivity contribution in [1.29, 1.82) is 0 Å². The monoisotopic (exact) mass is 194 g/mol.